The quantitative estimate of drug-likeness (QED) is 0.426. The van der Waals surface area contributed by atoms with Crippen molar-refractivity contribution in [3.63, 3.8) is 0 Å². The van der Waals surface area contributed by atoms with Gasteiger partial charge in [-0.1, -0.05) is 6.07 Å². The predicted molar refractivity (Wildman–Crippen MR) is 119 cm³/mol. The van der Waals surface area contributed by atoms with Gasteiger partial charge in [-0.2, -0.15) is 23.3 Å². The van der Waals surface area contributed by atoms with Crippen LogP contribution >= 0.6 is 0 Å². The van der Waals surface area contributed by atoms with Gasteiger partial charge >= 0.3 is 6.18 Å². The van der Waals surface area contributed by atoms with Gasteiger partial charge in [0.05, 0.1) is 11.1 Å². The number of aromatic nitrogens is 5. The lowest BCUT2D eigenvalue weighted by Gasteiger charge is -2.35. The number of aryl methyl sites for hydroxylation is 1. The molecule has 0 atom stereocenters. The highest BCUT2D eigenvalue weighted by Gasteiger charge is 2.38. The van der Waals surface area contributed by atoms with E-state index in [-0.39, 0.29) is 26.2 Å². The Morgan fingerprint density at radius 2 is 1.89 bits per heavy atom. The first-order chi connectivity index (χ1) is 16.7. The third-order valence-electron chi connectivity index (χ3n) is 5.71. The molecule has 1 aliphatic rings. The first kappa shape index (κ1) is 22.6. The second-order valence-electron chi connectivity index (χ2n) is 8.10. The monoisotopic (exact) mass is 488 g/mol. The van der Waals surface area contributed by atoms with Crippen molar-refractivity contribution in [3.8, 4) is 0 Å². The van der Waals surface area contributed by atoms with E-state index in [2.05, 4.69) is 25.6 Å². The second-order valence-corrected chi connectivity index (χ2v) is 8.10. The minimum Gasteiger partial charge on any atom is -0.336 e. The van der Waals surface area contributed by atoms with Crippen molar-refractivity contribution in [1.82, 2.24) is 29.7 Å². The summed E-state index contributed by atoms with van der Waals surface area (Å²) >= 11 is 0. The number of nitrogens with one attached hydrogen (secondary N) is 2. The number of aromatic amines is 1. The number of piperazine rings is 1. The van der Waals surface area contributed by atoms with Crippen molar-refractivity contribution in [2.75, 3.05) is 36.4 Å². The van der Waals surface area contributed by atoms with Crippen LogP contribution in [0.4, 0.5) is 35.1 Å². The summed E-state index contributed by atoms with van der Waals surface area (Å²) in [5.41, 5.74) is -0.644. The van der Waals surface area contributed by atoms with Crippen LogP contribution in [0.5, 0.6) is 0 Å². The van der Waals surface area contributed by atoms with E-state index in [1.54, 1.807) is 10.7 Å². The molecule has 0 unspecified atom stereocenters. The number of hydrogen-bond donors (Lipinski definition) is 2. The fourth-order valence-corrected chi connectivity index (χ4v) is 4.00. The summed E-state index contributed by atoms with van der Waals surface area (Å²) in [4.78, 5) is 20.5. The minimum atomic E-state index is -4.84. The number of carbonyl (C=O) groups is 1. The molecule has 3 aromatic heterocycles. The van der Waals surface area contributed by atoms with Gasteiger partial charge in [0.25, 0.3) is 5.91 Å². The highest BCUT2D eigenvalue weighted by atomic mass is 19.4. The van der Waals surface area contributed by atoms with Crippen LogP contribution in [0, 0.1) is 12.7 Å². The number of alkyl halides is 3. The van der Waals surface area contributed by atoms with E-state index in [9.17, 15) is 22.4 Å². The number of anilines is 3. The fourth-order valence-electron chi connectivity index (χ4n) is 4.00. The number of halogens is 4. The molecule has 0 spiro atoms. The molecule has 1 saturated heterocycles. The fraction of sp³-hybridized carbons (Fsp3) is 0.273. The Balaban J connectivity index is 1.36. The van der Waals surface area contributed by atoms with Gasteiger partial charge in [-0.05, 0) is 31.2 Å². The van der Waals surface area contributed by atoms with Gasteiger partial charge in [-0.3, -0.25) is 9.89 Å². The van der Waals surface area contributed by atoms with Gasteiger partial charge in [-0.15, -0.1) is 5.10 Å². The Kier molecular flexibility index (Phi) is 5.53. The minimum absolute atomic E-state index is 0.0822. The molecular weight excluding hydrogens is 468 g/mol. The number of carbonyl (C=O) groups excluding carboxylic acids is 1. The Morgan fingerprint density at radius 1 is 1.11 bits per heavy atom. The Morgan fingerprint density at radius 3 is 2.57 bits per heavy atom. The molecule has 4 aromatic rings. The molecule has 2 N–H and O–H groups in total. The summed E-state index contributed by atoms with van der Waals surface area (Å²) in [6.45, 7) is 2.55. The number of H-pyrrole nitrogens is 1. The molecule has 1 amide bonds. The summed E-state index contributed by atoms with van der Waals surface area (Å²) in [5, 5.41) is 14.7. The SMILES string of the molecule is Cc1cc(Nc2nc(N3CCN(C(=O)c4c(F)cccc4C(F)(F)F)CC3)nn3cccc23)n[nH]1. The molecule has 182 valence electrons. The normalized spacial score (nSPS) is 14.5. The van der Waals surface area contributed by atoms with Crippen molar-refractivity contribution in [1.29, 1.82) is 0 Å². The van der Waals surface area contributed by atoms with Crippen molar-refractivity contribution in [2.45, 2.75) is 13.1 Å². The molecule has 4 heterocycles. The number of hydrogen-bond acceptors (Lipinski definition) is 6. The van der Waals surface area contributed by atoms with Crippen LogP contribution in [0.1, 0.15) is 21.6 Å². The van der Waals surface area contributed by atoms with Crippen LogP contribution in [0.25, 0.3) is 5.52 Å². The zero-order valence-electron chi connectivity index (χ0n) is 18.5. The molecule has 0 aliphatic carbocycles. The van der Waals surface area contributed by atoms with Crippen molar-refractivity contribution in [2.24, 2.45) is 0 Å². The summed E-state index contributed by atoms with van der Waals surface area (Å²) in [6, 6.07) is 7.99. The molecule has 1 fully saturated rings. The average Bonchev–Trinajstić information content (AvgIpc) is 3.47. The van der Waals surface area contributed by atoms with Gasteiger partial charge in [0.2, 0.25) is 5.95 Å². The first-order valence-electron chi connectivity index (χ1n) is 10.7. The topological polar surface area (TPSA) is 94.5 Å². The summed E-state index contributed by atoms with van der Waals surface area (Å²) < 4.78 is 56.0. The maximum Gasteiger partial charge on any atom is 0.417 e. The second kappa shape index (κ2) is 8.56. The average molecular weight is 488 g/mol. The standard InChI is InChI=1S/C22H20F4N8O/c1-13-12-17(30-29-13)27-19-16-6-3-7-34(16)31-21(28-19)33-10-8-32(9-11-33)20(35)18-14(22(24,25)26)4-2-5-15(18)23/h2-7,12H,8-11H2,1H3,(H2,27,28,29,30,31). The maximum atomic E-state index is 14.3. The smallest absolute Gasteiger partial charge is 0.336 e. The van der Waals surface area contributed by atoms with Crippen LogP contribution < -0.4 is 10.2 Å². The molecule has 0 radical (unpaired) electrons. The van der Waals surface area contributed by atoms with E-state index in [0.717, 1.165) is 23.3 Å². The van der Waals surface area contributed by atoms with Gasteiger partial charge in [0.15, 0.2) is 11.6 Å². The van der Waals surface area contributed by atoms with Crippen LogP contribution in [-0.2, 0) is 6.18 Å². The molecule has 0 saturated carbocycles. The number of amides is 1. The van der Waals surface area contributed by atoms with Crippen molar-refractivity contribution in [3.05, 3.63) is 65.2 Å². The highest BCUT2D eigenvalue weighted by Crippen LogP contribution is 2.34. The molecule has 1 aliphatic heterocycles. The van der Waals surface area contributed by atoms with Crippen molar-refractivity contribution < 1.29 is 22.4 Å². The van der Waals surface area contributed by atoms with Gasteiger partial charge in [0, 0.05) is 44.1 Å². The number of benzene rings is 1. The van der Waals surface area contributed by atoms with E-state index in [0.29, 0.717) is 23.7 Å². The van der Waals surface area contributed by atoms with Crippen LogP contribution in [0.2, 0.25) is 0 Å². The number of nitrogens with zero attached hydrogens (tertiary/aromatic N) is 6. The lowest BCUT2D eigenvalue weighted by atomic mass is 10.0. The largest absolute Gasteiger partial charge is 0.417 e. The van der Waals surface area contributed by atoms with E-state index in [1.165, 1.54) is 4.90 Å². The van der Waals surface area contributed by atoms with E-state index in [4.69, 9.17) is 0 Å². The molecular formula is C22H20F4N8O. The third kappa shape index (κ3) is 4.36. The Hall–Kier alpha value is -4.16. The summed E-state index contributed by atoms with van der Waals surface area (Å²) in [7, 11) is 0. The zero-order valence-corrected chi connectivity index (χ0v) is 18.5. The van der Waals surface area contributed by atoms with Gasteiger partial charge < -0.3 is 15.1 Å². The first-order valence-corrected chi connectivity index (χ1v) is 10.7. The molecule has 5 rings (SSSR count). The van der Waals surface area contributed by atoms with E-state index >= 15 is 0 Å². The summed E-state index contributed by atoms with van der Waals surface area (Å²) in [6.07, 6.45) is -3.08. The van der Waals surface area contributed by atoms with Crippen LogP contribution in [-0.4, -0.2) is 61.8 Å². The molecule has 35 heavy (non-hydrogen) atoms. The summed E-state index contributed by atoms with van der Waals surface area (Å²) in [5.74, 6) is -0.717. The molecule has 0 bridgehead atoms. The number of fused-ring (bicyclic) bond motifs is 1. The Labute approximate surface area is 196 Å². The number of rotatable bonds is 4. The lowest BCUT2D eigenvalue weighted by Crippen LogP contribution is -2.49. The van der Waals surface area contributed by atoms with E-state index < -0.39 is 29.0 Å². The zero-order chi connectivity index (χ0) is 24.7. The predicted octanol–water partition coefficient (Wildman–Crippen LogP) is 3.62. The molecule has 1 aromatic carbocycles. The molecule has 13 heteroatoms. The third-order valence-corrected chi connectivity index (χ3v) is 5.71. The highest BCUT2D eigenvalue weighted by molar-refractivity contribution is 5.96. The van der Waals surface area contributed by atoms with Gasteiger partial charge in [0.1, 0.15) is 11.3 Å². The maximum absolute atomic E-state index is 14.3. The van der Waals surface area contributed by atoms with Crippen molar-refractivity contribution >= 4 is 29.0 Å². The van der Waals surface area contributed by atoms with E-state index in [1.807, 2.05) is 30.0 Å². The lowest BCUT2D eigenvalue weighted by molar-refractivity contribution is -0.138. The van der Waals surface area contributed by atoms with Crippen LogP contribution in [0.15, 0.2) is 42.6 Å². The molecule has 9 nitrogen and oxygen atoms in total. The Bertz CT molecular complexity index is 1390. The van der Waals surface area contributed by atoms with Gasteiger partial charge in [-0.25, -0.2) is 8.91 Å². The van der Waals surface area contributed by atoms with Crippen LogP contribution in [0.3, 0.4) is 0 Å².